The number of benzene rings is 4. The summed E-state index contributed by atoms with van der Waals surface area (Å²) in [5.41, 5.74) is 15.6. The highest BCUT2D eigenvalue weighted by Gasteiger charge is 2.21. The molecule has 0 unspecified atom stereocenters. The van der Waals surface area contributed by atoms with Crippen LogP contribution in [0.25, 0.3) is 22.3 Å². The number of nitrogen functional groups attached to an aromatic ring is 2. The van der Waals surface area contributed by atoms with E-state index in [4.69, 9.17) is 81.1 Å². The molecule has 0 radical (unpaired) electrons. The summed E-state index contributed by atoms with van der Waals surface area (Å²) in [6, 6.07) is 17.7. The summed E-state index contributed by atoms with van der Waals surface area (Å²) < 4.78 is 0. The lowest BCUT2D eigenvalue weighted by Gasteiger charge is -2.18. The first-order valence-corrected chi connectivity index (χ1v) is 12.5. The second-order valence-electron chi connectivity index (χ2n) is 7.05. The molecule has 0 saturated carbocycles. The van der Waals surface area contributed by atoms with Gasteiger partial charge in [0.2, 0.25) is 0 Å². The fourth-order valence-electron chi connectivity index (χ4n) is 3.32. The van der Waals surface area contributed by atoms with Gasteiger partial charge in [-0.15, -0.1) is 0 Å². The Morgan fingerprint density at radius 1 is 0.485 bits per heavy atom. The molecule has 4 aromatic rings. The number of nitrogens with two attached hydrogens (primary N) is 2. The van der Waals surface area contributed by atoms with Crippen LogP contribution in [0.1, 0.15) is 0 Å². The van der Waals surface area contributed by atoms with Crippen molar-refractivity contribution in [2.75, 3.05) is 11.5 Å². The molecule has 4 N–H and O–H groups in total. The molecule has 0 spiro atoms. The zero-order chi connectivity index (χ0) is 23.9. The molecule has 0 aromatic heterocycles. The highest BCUT2D eigenvalue weighted by molar-refractivity contribution is 7.99. The Labute approximate surface area is 225 Å². The van der Waals surface area contributed by atoms with E-state index in [2.05, 4.69) is 0 Å². The van der Waals surface area contributed by atoms with Crippen molar-refractivity contribution in [1.82, 2.24) is 0 Å². The van der Waals surface area contributed by atoms with Crippen LogP contribution < -0.4 is 11.5 Å². The highest BCUT2D eigenvalue weighted by Crippen LogP contribution is 2.50. The van der Waals surface area contributed by atoms with Crippen LogP contribution in [0.15, 0.2) is 70.5 Å². The number of hydrogen-bond acceptors (Lipinski definition) is 3. The zero-order valence-corrected chi connectivity index (χ0v) is 22.0. The largest absolute Gasteiger partial charge is 0.399 e. The Kier molecular flexibility index (Phi) is 7.52. The van der Waals surface area contributed by atoms with E-state index in [1.54, 1.807) is 36.4 Å². The molecule has 2 nitrogen and oxygen atoms in total. The van der Waals surface area contributed by atoms with Crippen molar-refractivity contribution in [1.29, 1.82) is 0 Å². The van der Waals surface area contributed by atoms with Crippen molar-refractivity contribution in [3.05, 3.63) is 90.8 Å². The van der Waals surface area contributed by atoms with E-state index in [1.165, 1.54) is 11.8 Å². The van der Waals surface area contributed by atoms with Crippen molar-refractivity contribution < 1.29 is 0 Å². The normalized spacial score (nSPS) is 11.1. The van der Waals surface area contributed by atoms with Gasteiger partial charge in [-0.05, 0) is 48.5 Å². The van der Waals surface area contributed by atoms with Crippen LogP contribution in [0.3, 0.4) is 0 Å². The first-order valence-electron chi connectivity index (χ1n) is 9.42. The molecular weight excluding hydrogens is 561 g/mol. The van der Waals surface area contributed by atoms with Crippen LogP contribution in [0.2, 0.25) is 30.1 Å². The molecule has 0 saturated heterocycles. The molecule has 4 aromatic carbocycles. The van der Waals surface area contributed by atoms with Crippen LogP contribution in [0.5, 0.6) is 0 Å². The van der Waals surface area contributed by atoms with E-state index in [-0.39, 0.29) is 0 Å². The second kappa shape index (κ2) is 10.1. The lowest BCUT2D eigenvalue weighted by molar-refractivity contribution is 1.39. The molecule has 9 heteroatoms. The topological polar surface area (TPSA) is 52.0 Å². The van der Waals surface area contributed by atoms with E-state index in [1.807, 2.05) is 24.3 Å². The highest BCUT2D eigenvalue weighted by atomic mass is 35.5. The lowest BCUT2D eigenvalue weighted by atomic mass is 10.0. The summed E-state index contributed by atoms with van der Waals surface area (Å²) in [7, 11) is 0. The molecule has 0 aliphatic rings. The summed E-state index contributed by atoms with van der Waals surface area (Å²) in [5.74, 6) is 0. The van der Waals surface area contributed by atoms with Crippen LogP contribution in [0, 0.1) is 0 Å². The molecule has 0 fully saturated rings. The fraction of sp³-hybridized carbons (Fsp3) is 0. The van der Waals surface area contributed by atoms with Gasteiger partial charge >= 0.3 is 0 Å². The van der Waals surface area contributed by atoms with Gasteiger partial charge < -0.3 is 11.5 Å². The standard InChI is InChI=1S/C24H14Cl6N2S/c25-15-5-7-19(21(23(15)29)13-3-1-11(31)9-17(13)27)33-20-8-6-16(26)24(30)22(20)14-4-2-12(32)10-18(14)28/h1-10H,31-32H2. The van der Waals surface area contributed by atoms with Gasteiger partial charge in [0.25, 0.3) is 0 Å². The summed E-state index contributed by atoms with van der Waals surface area (Å²) >= 11 is 40.5. The Bertz CT molecular complexity index is 1290. The molecule has 0 heterocycles. The van der Waals surface area contributed by atoms with Crippen LogP contribution in [-0.2, 0) is 0 Å². The Morgan fingerprint density at radius 3 is 1.24 bits per heavy atom. The van der Waals surface area contributed by atoms with Crippen LogP contribution in [0.4, 0.5) is 11.4 Å². The third kappa shape index (κ3) is 5.01. The number of anilines is 2. The number of rotatable bonds is 4. The van der Waals surface area contributed by atoms with Crippen molar-refractivity contribution in [2.45, 2.75) is 9.79 Å². The van der Waals surface area contributed by atoms with E-state index in [0.717, 1.165) is 9.79 Å². The molecule has 0 atom stereocenters. The van der Waals surface area contributed by atoms with Crippen molar-refractivity contribution in [2.24, 2.45) is 0 Å². The molecule has 0 aliphatic heterocycles. The van der Waals surface area contributed by atoms with Crippen molar-refractivity contribution in [3.63, 3.8) is 0 Å². The van der Waals surface area contributed by atoms with E-state index in [9.17, 15) is 0 Å². The van der Waals surface area contributed by atoms with Gasteiger partial charge in [-0.1, -0.05) is 93.5 Å². The van der Waals surface area contributed by atoms with Gasteiger partial charge in [-0.3, -0.25) is 0 Å². The van der Waals surface area contributed by atoms with Crippen LogP contribution >= 0.6 is 81.4 Å². The second-order valence-corrected chi connectivity index (χ2v) is 10.5. The number of hydrogen-bond donors (Lipinski definition) is 2. The first kappa shape index (κ1) is 24.7. The van der Waals surface area contributed by atoms with Gasteiger partial charge in [-0.2, -0.15) is 0 Å². The minimum Gasteiger partial charge on any atom is -0.399 e. The summed E-state index contributed by atoms with van der Waals surface area (Å²) in [4.78, 5) is 1.62. The minimum atomic E-state index is 0.375. The Hall–Kier alpha value is -1.43. The van der Waals surface area contributed by atoms with Gasteiger partial charge in [0.05, 0.1) is 30.1 Å². The Morgan fingerprint density at radius 2 is 0.879 bits per heavy atom. The average molecular weight is 575 g/mol. The molecule has 0 bridgehead atoms. The average Bonchev–Trinajstić information content (AvgIpc) is 2.75. The smallest absolute Gasteiger partial charge is 0.0682 e. The minimum absolute atomic E-state index is 0.375. The molecule has 4 rings (SSSR count). The Balaban J connectivity index is 1.93. The first-order chi connectivity index (χ1) is 15.7. The van der Waals surface area contributed by atoms with Gasteiger partial charge in [0.15, 0.2) is 0 Å². The van der Waals surface area contributed by atoms with Gasteiger partial charge in [-0.25, -0.2) is 0 Å². The fourth-order valence-corrected chi connectivity index (χ4v) is 5.99. The maximum absolute atomic E-state index is 6.65. The monoisotopic (exact) mass is 572 g/mol. The number of halogens is 6. The third-order valence-electron chi connectivity index (χ3n) is 4.86. The maximum atomic E-state index is 6.65. The summed E-state index contributed by atoms with van der Waals surface area (Å²) in [6.07, 6.45) is 0. The third-order valence-corrected chi connectivity index (χ3v) is 8.21. The van der Waals surface area contributed by atoms with E-state index >= 15 is 0 Å². The van der Waals surface area contributed by atoms with Crippen molar-refractivity contribution in [3.8, 4) is 22.3 Å². The van der Waals surface area contributed by atoms with E-state index in [0.29, 0.717) is 63.8 Å². The zero-order valence-electron chi connectivity index (χ0n) is 16.6. The molecule has 0 amide bonds. The maximum Gasteiger partial charge on any atom is 0.0682 e. The molecule has 33 heavy (non-hydrogen) atoms. The predicted molar refractivity (Wildman–Crippen MR) is 147 cm³/mol. The predicted octanol–water partition coefficient (Wildman–Crippen LogP) is 10.3. The van der Waals surface area contributed by atoms with Gasteiger partial charge in [0, 0.05) is 43.4 Å². The van der Waals surface area contributed by atoms with Crippen LogP contribution in [-0.4, -0.2) is 0 Å². The lowest BCUT2D eigenvalue weighted by Crippen LogP contribution is -1.92. The molecule has 0 aliphatic carbocycles. The van der Waals surface area contributed by atoms with E-state index < -0.39 is 0 Å². The summed E-state index contributed by atoms with van der Waals surface area (Å²) in [5, 5.41) is 2.47. The SMILES string of the molecule is Nc1ccc(-c2c(Sc3ccc(Cl)c(Cl)c3-c3ccc(N)cc3Cl)ccc(Cl)c2Cl)c(Cl)c1. The summed E-state index contributed by atoms with van der Waals surface area (Å²) in [6.45, 7) is 0. The van der Waals surface area contributed by atoms with Gasteiger partial charge in [0.1, 0.15) is 0 Å². The van der Waals surface area contributed by atoms with Crippen molar-refractivity contribution >= 4 is 92.7 Å². The molecular formula is C24H14Cl6N2S. The molecule has 168 valence electrons. The quantitative estimate of drug-likeness (QED) is 0.238.